The molecule has 0 radical (unpaired) electrons. The maximum absolute atomic E-state index is 12.0. The highest BCUT2D eigenvalue weighted by Crippen LogP contribution is 2.22. The molecule has 0 saturated carbocycles. The number of hydrogen-bond donors (Lipinski definition) is 2. The number of sulfonamides is 1. The molecule has 1 saturated heterocycles. The average Bonchev–Trinajstić information content (AvgIpc) is 3.21. The third-order valence-corrected chi connectivity index (χ3v) is 7.44. The van der Waals surface area contributed by atoms with Crippen molar-refractivity contribution in [3.63, 3.8) is 0 Å². The zero-order valence-electron chi connectivity index (χ0n) is 18.5. The summed E-state index contributed by atoms with van der Waals surface area (Å²) in [5.74, 6) is 0. The molecule has 0 aliphatic carbocycles. The summed E-state index contributed by atoms with van der Waals surface area (Å²) < 4.78 is 25.4. The molecule has 0 bridgehead atoms. The second-order valence-electron chi connectivity index (χ2n) is 7.60. The molecule has 1 heterocycles. The van der Waals surface area contributed by atoms with E-state index >= 15 is 0 Å². The Morgan fingerprint density at radius 3 is 1.87 bits per heavy atom. The highest BCUT2D eigenvalue weighted by Gasteiger charge is 2.24. The number of likely N-dealkylation sites (N-methyl/N-ethyl adjacent to an activating group) is 1. The fraction of sp³-hybridized carbons (Fsp3) is 0.455. The molecule has 0 amide bonds. The van der Waals surface area contributed by atoms with Crippen LogP contribution in [0.25, 0.3) is 0 Å². The summed E-state index contributed by atoms with van der Waals surface area (Å²) in [6.45, 7) is 6.85. The van der Waals surface area contributed by atoms with E-state index in [9.17, 15) is 8.42 Å². The maximum Gasteiger partial charge on any atom is 0.243 e. The lowest BCUT2D eigenvalue weighted by Crippen LogP contribution is -2.31. The van der Waals surface area contributed by atoms with Crippen LogP contribution in [0.1, 0.15) is 20.3 Å². The van der Waals surface area contributed by atoms with Gasteiger partial charge in [-0.2, -0.15) is 4.31 Å². The van der Waals surface area contributed by atoms with Crippen molar-refractivity contribution < 1.29 is 8.42 Å². The van der Waals surface area contributed by atoms with E-state index in [2.05, 4.69) is 36.0 Å². The summed E-state index contributed by atoms with van der Waals surface area (Å²) in [4.78, 5) is 5.02. The van der Waals surface area contributed by atoms with Crippen molar-refractivity contribution in [2.24, 2.45) is 0 Å². The highest BCUT2D eigenvalue weighted by atomic mass is 32.2. The first-order valence-electron chi connectivity index (χ1n) is 10.3. The molecule has 3 rings (SSSR count). The van der Waals surface area contributed by atoms with Crippen molar-refractivity contribution in [2.45, 2.75) is 31.2 Å². The minimum Gasteiger partial charge on any atom is -0.399 e. The Bertz CT molecular complexity index is 879. The first kappa shape index (κ1) is 24.0. The minimum atomic E-state index is -3.34. The van der Waals surface area contributed by atoms with Crippen LogP contribution in [0, 0.1) is 0 Å². The molecular formula is C22H35N5O2S. The van der Waals surface area contributed by atoms with Crippen LogP contribution in [0.2, 0.25) is 0 Å². The van der Waals surface area contributed by atoms with E-state index in [0.29, 0.717) is 29.7 Å². The number of nitrogens with two attached hydrogens (primary N) is 2. The zero-order chi connectivity index (χ0) is 22.3. The SMILES string of the molecule is CCN(CC)S(=O)(=O)c1ccc(N)cc1.CN(C)C1CCN(c2ccc(N)cc2)C1. The number of hydrogen-bond acceptors (Lipinski definition) is 6. The van der Waals surface area contributed by atoms with E-state index in [4.69, 9.17) is 11.5 Å². The lowest BCUT2D eigenvalue weighted by atomic mass is 10.2. The Balaban J connectivity index is 0.000000214. The molecule has 1 fully saturated rings. The molecule has 1 atom stereocenters. The van der Waals surface area contributed by atoms with Crippen LogP contribution >= 0.6 is 0 Å². The number of anilines is 3. The predicted molar refractivity (Wildman–Crippen MR) is 126 cm³/mol. The Morgan fingerprint density at radius 1 is 0.933 bits per heavy atom. The molecule has 7 nitrogen and oxygen atoms in total. The largest absolute Gasteiger partial charge is 0.399 e. The third kappa shape index (κ3) is 6.10. The molecule has 4 N–H and O–H groups in total. The van der Waals surface area contributed by atoms with E-state index in [1.807, 2.05) is 26.0 Å². The van der Waals surface area contributed by atoms with Gasteiger partial charge in [-0.15, -0.1) is 0 Å². The van der Waals surface area contributed by atoms with Crippen LogP contribution in [-0.2, 0) is 10.0 Å². The molecule has 30 heavy (non-hydrogen) atoms. The number of rotatable bonds is 6. The Morgan fingerprint density at radius 2 is 1.43 bits per heavy atom. The molecular weight excluding hydrogens is 398 g/mol. The van der Waals surface area contributed by atoms with E-state index in [0.717, 1.165) is 18.8 Å². The lowest BCUT2D eigenvalue weighted by Gasteiger charge is -2.21. The van der Waals surface area contributed by atoms with Gasteiger partial charge in [-0.25, -0.2) is 8.42 Å². The van der Waals surface area contributed by atoms with Gasteiger partial charge >= 0.3 is 0 Å². The second-order valence-corrected chi connectivity index (χ2v) is 9.54. The highest BCUT2D eigenvalue weighted by molar-refractivity contribution is 7.89. The molecule has 0 spiro atoms. The first-order chi connectivity index (χ1) is 14.2. The van der Waals surface area contributed by atoms with Crippen molar-refractivity contribution in [3.05, 3.63) is 48.5 Å². The molecule has 1 aliphatic rings. The average molecular weight is 434 g/mol. The fourth-order valence-corrected chi connectivity index (χ4v) is 4.89. The van der Waals surface area contributed by atoms with Crippen LogP contribution in [0.4, 0.5) is 17.1 Å². The van der Waals surface area contributed by atoms with E-state index < -0.39 is 10.0 Å². The van der Waals surface area contributed by atoms with Gasteiger partial charge in [-0.05, 0) is 69.0 Å². The normalized spacial score (nSPS) is 16.6. The zero-order valence-corrected chi connectivity index (χ0v) is 19.3. The third-order valence-electron chi connectivity index (χ3n) is 5.38. The molecule has 0 aromatic heterocycles. The Hall–Kier alpha value is -2.29. The van der Waals surface area contributed by atoms with Gasteiger partial charge in [0.15, 0.2) is 0 Å². The molecule has 1 aliphatic heterocycles. The van der Waals surface area contributed by atoms with Gasteiger partial charge in [-0.3, -0.25) is 0 Å². The summed E-state index contributed by atoms with van der Waals surface area (Å²) in [5, 5.41) is 0. The Kier molecular flexibility index (Phi) is 8.52. The lowest BCUT2D eigenvalue weighted by molar-refractivity contribution is 0.315. The van der Waals surface area contributed by atoms with Gasteiger partial charge in [0, 0.05) is 49.3 Å². The van der Waals surface area contributed by atoms with Gasteiger partial charge in [0.1, 0.15) is 0 Å². The van der Waals surface area contributed by atoms with Crippen molar-refractivity contribution in [1.82, 2.24) is 9.21 Å². The van der Waals surface area contributed by atoms with Crippen LogP contribution < -0.4 is 16.4 Å². The predicted octanol–water partition coefficient (Wildman–Crippen LogP) is 2.71. The van der Waals surface area contributed by atoms with Gasteiger partial charge in [-0.1, -0.05) is 13.8 Å². The number of nitrogens with zero attached hydrogens (tertiary/aromatic N) is 3. The quantitative estimate of drug-likeness (QED) is 0.680. The van der Waals surface area contributed by atoms with Gasteiger partial charge < -0.3 is 21.3 Å². The number of nitrogen functional groups attached to an aromatic ring is 2. The monoisotopic (exact) mass is 433 g/mol. The van der Waals surface area contributed by atoms with E-state index in [1.54, 1.807) is 12.1 Å². The van der Waals surface area contributed by atoms with Crippen LogP contribution in [0.3, 0.4) is 0 Å². The summed E-state index contributed by atoms with van der Waals surface area (Å²) in [7, 11) is 0.960. The van der Waals surface area contributed by atoms with Gasteiger partial charge in [0.05, 0.1) is 4.90 Å². The molecule has 1 unspecified atom stereocenters. The van der Waals surface area contributed by atoms with E-state index in [1.165, 1.54) is 28.5 Å². The molecule has 166 valence electrons. The Labute approximate surface area is 181 Å². The molecule has 2 aromatic rings. The fourth-order valence-electron chi connectivity index (χ4n) is 3.44. The van der Waals surface area contributed by atoms with Gasteiger partial charge in [0.25, 0.3) is 0 Å². The number of benzene rings is 2. The summed E-state index contributed by atoms with van der Waals surface area (Å²) in [5.41, 5.74) is 13.9. The summed E-state index contributed by atoms with van der Waals surface area (Å²) >= 11 is 0. The van der Waals surface area contributed by atoms with Crippen molar-refractivity contribution in [2.75, 3.05) is 56.6 Å². The molecule has 2 aromatic carbocycles. The van der Waals surface area contributed by atoms with Crippen molar-refractivity contribution in [1.29, 1.82) is 0 Å². The maximum atomic E-state index is 12.0. The van der Waals surface area contributed by atoms with Crippen molar-refractivity contribution >= 4 is 27.1 Å². The first-order valence-corrected chi connectivity index (χ1v) is 11.8. The smallest absolute Gasteiger partial charge is 0.243 e. The second kappa shape index (κ2) is 10.7. The summed E-state index contributed by atoms with van der Waals surface area (Å²) in [6, 6.07) is 15.1. The standard InChI is InChI=1S/C12H19N3.C10H16N2O2S/c1-14(2)12-7-8-15(9-12)11-5-3-10(13)4-6-11;1-3-12(4-2)15(13,14)10-7-5-9(11)6-8-10/h3-6,12H,7-9,13H2,1-2H3;5-8H,3-4,11H2,1-2H3. The van der Waals surface area contributed by atoms with Crippen LogP contribution in [0.5, 0.6) is 0 Å². The molecule has 8 heteroatoms. The van der Waals surface area contributed by atoms with E-state index in [-0.39, 0.29) is 0 Å². The van der Waals surface area contributed by atoms with Crippen LogP contribution in [-0.4, -0.2) is 63.9 Å². The van der Waals surface area contributed by atoms with Gasteiger partial charge in [0.2, 0.25) is 10.0 Å². The topological polar surface area (TPSA) is 95.9 Å². The van der Waals surface area contributed by atoms with Crippen LogP contribution in [0.15, 0.2) is 53.4 Å². The summed E-state index contributed by atoms with van der Waals surface area (Å²) in [6.07, 6.45) is 1.25. The minimum absolute atomic E-state index is 0.292. The van der Waals surface area contributed by atoms with Crippen molar-refractivity contribution in [3.8, 4) is 0 Å².